The Balaban J connectivity index is 3.02. The molecule has 1 atom stereocenters. The molecule has 0 aliphatic carbocycles. The van der Waals surface area contributed by atoms with Gasteiger partial charge >= 0.3 is 0 Å². The van der Waals surface area contributed by atoms with Crippen LogP contribution in [0, 0.1) is 5.92 Å². The van der Waals surface area contributed by atoms with Crippen LogP contribution in [0.25, 0.3) is 0 Å². The Labute approximate surface area is 75.3 Å². The minimum Gasteiger partial charge on any atom is -0.381 e. The highest BCUT2D eigenvalue weighted by Gasteiger charge is 1.99. The fraction of sp³-hybridized carbons (Fsp3) is 0.900. The molecule has 0 fully saturated rings. The number of ether oxygens (including phenoxy) is 1. The minimum atomic E-state index is 0.379. The van der Waals surface area contributed by atoms with Gasteiger partial charge < -0.3 is 9.53 Å². The van der Waals surface area contributed by atoms with E-state index in [1.165, 1.54) is 12.8 Å². The highest BCUT2D eigenvalue weighted by molar-refractivity contribution is 5.49. The second-order valence-electron chi connectivity index (χ2n) is 3.29. The topological polar surface area (TPSA) is 26.3 Å². The van der Waals surface area contributed by atoms with Gasteiger partial charge in [-0.05, 0) is 12.3 Å². The van der Waals surface area contributed by atoms with Gasteiger partial charge in [0.25, 0.3) is 0 Å². The van der Waals surface area contributed by atoms with Crippen LogP contribution in [0.5, 0.6) is 0 Å². The molecule has 2 nitrogen and oxygen atoms in total. The molecule has 0 aliphatic rings. The van der Waals surface area contributed by atoms with Crippen molar-refractivity contribution in [3.63, 3.8) is 0 Å². The summed E-state index contributed by atoms with van der Waals surface area (Å²) in [7, 11) is 0. The summed E-state index contributed by atoms with van der Waals surface area (Å²) in [6, 6.07) is 0. The number of rotatable bonds is 8. The van der Waals surface area contributed by atoms with E-state index in [4.69, 9.17) is 4.74 Å². The molecule has 0 amide bonds. The molecule has 0 rings (SSSR count). The smallest absolute Gasteiger partial charge is 0.120 e. The summed E-state index contributed by atoms with van der Waals surface area (Å²) in [5, 5.41) is 0. The number of carbonyl (C=O) groups excluding carboxylic acids is 1. The highest BCUT2D eigenvalue weighted by Crippen LogP contribution is 2.01. The Morgan fingerprint density at radius 3 is 2.75 bits per heavy atom. The van der Waals surface area contributed by atoms with E-state index in [2.05, 4.69) is 6.92 Å². The summed E-state index contributed by atoms with van der Waals surface area (Å²) >= 11 is 0. The van der Waals surface area contributed by atoms with Crippen LogP contribution < -0.4 is 0 Å². The van der Waals surface area contributed by atoms with Gasteiger partial charge in [0.1, 0.15) is 6.29 Å². The van der Waals surface area contributed by atoms with Gasteiger partial charge in [0, 0.05) is 19.6 Å². The summed E-state index contributed by atoms with van der Waals surface area (Å²) in [6.45, 7) is 5.78. The van der Waals surface area contributed by atoms with Gasteiger partial charge in [0.15, 0.2) is 0 Å². The predicted octanol–water partition coefficient (Wildman–Crippen LogP) is 2.42. The molecule has 0 spiro atoms. The van der Waals surface area contributed by atoms with Crippen molar-refractivity contribution in [2.24, 2.45) is 5.92 Å². The highest BCUT2D eigenvalue weighted by atomic mass is 16.5. The number of carbonyl (C=O) groups is 1. The van der Waals surface area contributed by atoms with Gasteiger partial charge in [0.2, 0.25) is 0 Å². The second-order valence-corrected chi connectivity index (χ2v) is 3.29. The maximum absolute atomic E-state index is 10.1. The summed E-state index contributed by atoms with van der Waals surface area (Å²) in [5.41, 5.74) is 0. The first-order chi connectivity index (χ1) is 5.81. The zero-order chi connectivity index (χ0) is 9.23. The predicted molar refractivity (Wildman–Crippen MR) is 50.2 cm³/mol. The van der Waals surface area contributed by atoms with E-state index >= 15 is 0 Å². The number of unbranched alkanes of at least 4 members (excludes halogenated alkanes) is 2. The summed E-state index contributed by atoms with van der Waals surface area (Å²) in [6.07, 6.45) is 5.19. The number of aldehydes is 1. The third-order valence-corrected chi connectivity index (χ3v) is 1.79. The molecule has 1 unspecified atom stereocenters. The van der Waals surface area contributed by atoms with Crippen LogP contribution in [-0.2, 0) is 9.53 Å². The van der Waals surface area contributed by atoms with E-state index in [0.717, 1.165) is 25.9 Å². The molecule has 0 radical (unpaired) electrons. The first kappa shape index (κ1) is 11.6. The quantitative estimate of drug-likeness (QED) is 0.415. The van der Waals surface area contributed by atoms with Crippen LogP contribution in [0.15, 0.2) is 0 Å². The zero-order valence-electron chi connectivity index (χ0n) is 8.21. The Bertz CT molecular complexity index is 102. The fourth-order valence-electron chi connectivity index (χ4n) is 0.971. The second kappa shape index (κ2) is 8.72. The number of hydrogen-bond donors (Lipinski definition) is 0. The van der Waals surface area contributed by atoms with Crippen molar-refractivity contribution < 1.29 is 9.53 Å². The van der Waals surface area contributed by atoms with Crippen LogP contribution in [0.3, 0.4) is 0 Å². The zero-order valence-corrected chi connectivity index (χ0v) is 8.21. The van der Waals surface area contributed by atoms with Crippen molar-refractivity contribution in [3.05, 3.63) is 0 Å². The molecule has 0 N–H and O–H groups in total. The first-order valence-electron chi connectivity index (χ1n) is 4.82. The summed E-state index contributed by atoms with van der Waals surface area (Å²) in [4.78, 5) is 10.1. The van der Waals surface area contributed by atoms with Gasteiger partial charge in [-0.2, -0.15) is 0 Å². The molecule has 0 aromatic rings. The van der Waals surface area contributed by atoms with Gasteiger partial charge in [-0.15, -0.1) is 0 Å². The third-order valence-electron chi connectivity index (χ3n) is 1.79. The van der Waals surface area contributed by atoms with Crippen LogP contribution in [-0.4, -0.2) is 19.5 Å². The Morgan fingerprint density at radius 1 is 1.42 bits per heavy atom. The molecular formula is C10H20O2. The van der Waals surface area contributed by atoms with Crippen molar-refractivity contribution in [2.75, 3.05) is 13.2 Å². The van der Waals surface area contributed by atoms with Crippen molar-refractivity contribution in [1.29, 1.82) is 0 Å². The molecule has 0 saturated carbocycles. The van der Waals surface area contributed by atoms with Crippen LogP contribution in [0.1, 0.15) is 39.5 Å². The van der Waals surface area contributed by atoms with Crippen molar-refractivity contribution in [1.82, 2.24) is 0 Å². The van der Waals surface area contributed by atoms with Crippen molar-refractivity contribution >= 4 is 6.29 Å². The van der Waals surface area contributed by atoms with E-state index in [1.807, 2.05) is 6.92 Å². The molecule has 0 heterocycles. The van der Waals surface area contributed by atoms with Crippen LogP contribution in [0.4, 0.5) is 0 Å². The molecule has 0 bridgehead atoms. The van der Waals surface area contributed by atoms with Crippen molar-refractivity contribution in [3.8, 4) is 0 Å². The molecule has 72 valence electrons. The van der Waals surface area contributed by atoms with Gasteiger partial charge in [-0.25, -0.2) is 0 Å². The lowest BCUT2D eigenvalue weighted by Gasteiger charge is -2.07. The Morgan fingerprint density at radius 2 is 2.17 bits per heavy atom. The lowest BCUT2D eigenvalue weighted by Crippen LogP contribution is -2.07. The van der Waals surface area contributed by atoms with E-state index in [-0.39, 0.29) is 0 Å². The summed E-state index contributed by atoms with van der Waals surface area (Å²) < 4.78 is 5.39. The maximum Gasteiger partial charge on any atom is 0.120 e. The molecular weight excluding hydrogens is 152 g/mol. The Hall–Kier alpha value is -0.370. The van der Waals surface area contributed by atoms with Crippen LogP contribution >= 0.6 is 0 Å². The standard InChI is InChI=1S/C10H20O2/c1-3-4-5-8-12-9-10(2)6-7-11/h7,10H,3-6,8-9H2,1-2H3. The minimum absolute atomic E-state index is 0.379. The summed E-state index contributed by atoms with van der Waals surface area (Å²) in [5.74, 6) is 0.379. The average molecular weight is 172 g/mol. The number of hydrogen-bond acceptors (Lipinski definition) is 2. The monoisotopic (exact) mass is 172 g/mol. The van der Waals surface area contributed by atoms with Crippen LogP contribution in [0.2, 0.25) is 0 Å². The first-order valence-corrected chi connectivity index (χ1v) is 4.82. The SMILES string of the molecule is CCCCCOCC(C)CC=O. The lowest BCUT2D eigenvalue weighted by atomic mass is 10.1. The van der Waals surface area contributed by atoms with Gasteiger partial charge in [-0.1, -0.05) is 26.7 Å². The molecule has 12 heavy (non-hydrogen) atoms. The Kier molecular flexibility index (Phi) is 8.46. The maximum atomic E-state index is 10.1. The van der Waals surface area contributed by atoms with Gasteiger partial charge in [-0.3, -0.25) is 0 Å². The lowest BCUT2D eigenvalue weighted by molar-refractivity contribution is -0.108. The molecule has 0 aliphatic heterocycles. The van der Waals surface area contributed by atoms with E-state index in [0.29, 0.717) is 12.3 Å². The third kappa shape index (κ3) is 7.73. The molecule has 0 saturated heterocycles. The molecule has 0 aromatic carbocycles. The molecule has 0 aromatic heterocycles. The van der Waals surface area contributed by atoms with E-state index < -0.39 is 0 Å². The normalized spacial score (nSPS) is 12.8. The van der Waals surface area contributed by atoms with E-state index in [9.17, 15) is 4.79 Å². The van der Waals surface area contributed by atoms with Gasteiger partial charge in [0.05, 0.1) is 0 Å². The van der Waals surface area contributed by atoms with E-state index in [1.54, 1.807) is 0 Å². The largest absolute Gasteiger partial charge is 0.381 e. The van der Waals surface area contributed by atoms with Crippen molar-refractivity contribution in [2.45, 2.75) is 39.5 Å². The average Bonchev–Trinajstić information content (AvgIpc) is 2.05. The molecule has 2 heteroatoms. The fourth-order valence-corrected chi connectivity index (χ4v) is 0.971.